The first-order valence-electron chi connectivity index (χ1n) is 8.83. The molecule has 0 fully saturated rings. The summed E-state index contributed by atoms with van der Waals surface area (Å²) in [7, 11) is 2.07. The minimum atomic E-state index is 0. The molecule has 0 atom stereocenters. The summed E-state index contributed by atoms with van der Waals surface area (Å²) in [4.78, 5) is 10.8. The number of halogens is 1. The second-order valence-electron chi connectivity index (χ2n) is 6.19. The Morgan fingerprint density at radius 1 is 0.957 bits per heavy atom. The number of hydrogen-bond acceptors (Lipinski definition) is 2. The van der Waals surface area contributed by atoms with Gasteiger partial charge in [-0.05, 0) is 19.3 Å². The van der Waals surface area contributed by atoms with Crippen molar-refractivity contribution in [2.24, 2.45) is 7.05 Å². The Morgan fingerprint density at radius 2 is 1.48 bits per heavy atom. The van der Waals surface area contributed by atoms with Gasteiger partial charge in [-0.25, -0.2) is 9.13 Å². The van der Waals surface area contributed by atoms with Crippen LogP contribution < -0.4 is 21.5 Å². The van der Waals surface area contributed by atoms with Crippen molar-refractivity contribution in [2.75, 3.05) is 5.75 Å². The molecule has 23 heavy (non-hydrogen) atoms. The predicted molar refractivity (Wildman–Crippen MR) is 94.9 cm³/mol. The van der Waals surface area contributed by atoms with Gasteiger partial charge in [0.2, 0.25) is 6.33 Å². The molecule has 0 saturated heterocycles. The first-order chi connectivity index (χ1) is 10.7. The summed E-state index contributed by atoms with van der Waals surface area (Å²) in [5, 5.41) is 0.255. The quantitative estimate of drug-likeness (QED) is 0.367. The normalized spacial score (nSPS) is 10.5. The van der Waals surface area contributed by atoms with Gasteiger partial charge in [-0.3, -0.25) is 4.79 Å². The highest BCUT2D eigenvalue weighted by Crippen LogP contribution is 2.12. The maximum absolute atomic E-state index is 10.8. The SMILES string of the molecule is CC(=O)SCCCCCCCCCCCCn1cc[n+](C)c1.[Br-]. The van der Waals surface area contributed by atoms with E-state index in [0.717, 1.165) is 12.3 Å². The number of thioether (sulfide) groups is 1. The van der Waals surface area contributed by atoms with E-state index in [-0.39, 0.29) is 22.1 Å². The first kappa shape index (κ1) is 22.7. The highest BCUT2D eigenvalue weighted by atomic mass is 79.9. The maximum Gasteiger partial charge on any atom is 0.243 e. The molecular formula is C18H33BrN2OS. The van der Waals surface area contributed by atoms with Gasteiger partial charge in [0.15, 0.2) is 5.12 Å². The summed E-state index contributed by atoms with van der Waals surface area (Å²) in [6.45, 7) is 2.81. The van der Waals surface area contributed by atoms with Crippen molar-refractivity contribution in [3.05, 3.63) is 18.7 Å². The lowest BCUT2D eigenvalue weighted by Gasteiger charge is -2.02. The Labute approximate surface area is 157 Å². The number of rotatable bonds is 13. The van der Waals surface area contributed by atoms with Gasteiger partial charge in [0.25, 0.3) is 0 Å². The number of unbranched alkanes of at least 4 members (excludes halogenated alkanes) is 9. The molecule has 1 rings (SSSR count). The average molecular weight is 405 g/mol. The molecule has 0 unspecified atom stereocenters. The lowest BCUT2D eigenvalue weighted by Crippen LogP contribution is -3.00. The van der Waals surface area contributed by atoms with E-state index >= 15 is 0 Å². The van der Waals surface area contributed by atoms with Crippen molar-refractivity contribution < 1.29 is 26.3 Å². The molecule has 1 heterocycles. The second kappa shape index (κ2) is 15.3. The molecule has 0 bridgehead atoms. The molecule has 0 radical (unpaired) electrons. The Hall–Kier alpha value is -0.290. The Kier molecular flexibility index (Phi) is 15.1. The number of hydrogen-bond donors (Lipinski definition) is 0. The van der Waals surface area contributed by atoms with E-state index in [1.807, 2.05) is 0 Å². The predicted octanol–water partition coefficient (Wildman–Crippen LogP) is 1.50. The van der Waals surface area contributed by atoms with Gasteiger partial charge in [-0.2, -0.15) is 0 Å². The summed E-state index contributed by atoms with van der Waals surface area (Å²) in [5.41, 5.74) is 0. The summed E-state index contributed by atoms with van der Waals surface area (Å²) in [6, 6.07) is 0. The fourth-order valence-electron chi connectivity index (χ4n) is 2.66. The number of nitrogens with zero attached hydrogens (tertiary/aromatic N) is 2. The molecule has 1 aromatic heterocycles. The zero-order valence-electron chi connectivity index (χ0n) is 14.8. The van der Waals surface area contributed by atoms with Crippen LogP contribution in [-0.2, 0) is 18.4 Å². The summed E-state index contributed by atoms with van der Waals surface area (Å²) in [5.74, 6) is 1.01. The Balaban J connectivity index is 0.00000484. The van der Waals surface area contributed by atoms with Crippen LogP contribution in [0.1, 0.15) is 71.1 Å². The Morgan fingerprint density at radius 3 is 1.96 bits per heavy atom. The van der Waals surface area contributed by atoms with Gasteiger partial charge in [-0.15, -0.1) is 0 Å². The molecule has 0 aliphatic carbocycles. The molecule has 0 aliphatic rings. The van der Waals surface area contributed by atoms with Crippen LogP contribution in [0.2, 0.25) is 0 Å². The van der Waals surface area contributed by atoms with Crippen LogP contribution in [0.25, 0.3) is 0 Å². The maximum atomic E-state index is 10.8. The monoisotopic (exact) mass is 404 g/mol. The number of aromatic nitrogens is 2. The molecule has 0 spiro atoms. The van der Waals surface area contributed by atoms with E-state index < -0.39 is 0 Å². The lowest BCUT2D eigenvalue weighted by atomic mass is 10.1. The van der Waals surface area contributed by atoms with Crippen LogP contribution in [0.4, 0.5) is 0 Å². The third-order valence-corrected chi connectivity index (χ3v) is 4.84. The van der Waals surface area contributed by atoms with Crippen LogP contribution in [0, 0.1) is 0 Å². The second-order valence-corrected chi connectivity index (χ2v) is 7.46. The van der Waals surface area contributed by atoms with Crippen molar-refractivity contribution in [1.29, 1.82) is 0 Å². The minimum absolute atomic E-state index is 0. The summed E-state index contributed by atoms with van der Waals surface area (Å²) < 4.78 is 4.36. The molecule has 1 aromatic rings. The number of carbonyl (C=O) groups excluding carboxylic acids is 1. The van der Waals surface area contributed by atoms with E-state index in [2.05, 4.69) is 34.9 Å². The van der Waals surface area contributed by atoms with Gasteiger partial charge in [0.05, 0.1) is 13.6 Å². The first-order valence-corrected chi connectivity index (χ1v) is 9.81. The standard InChI is InChI=1S/C18H33N2OS.BrH/c1-18(21)22-16-12-10-8-6-4-3-5-7-9-11-13-20-15-14-19(2)17-20;/h14-15,17H,3-13,16H2,1-2H3;1H/q+1;/p-1. The molecule has 0 N–H and O–H groups in total. The van der Waals surface area contributed by atoms with Gasteiger partial charge in [0, 0.05) is 12.7 Å². The largest absolute Gasteiger partial charge is 1.00 e. The van der Waals surface area contributed by atoms with Crippen LogP contribution in [-0.4, -0.2) is 15.4 Å². The van der Waals surface area contributed by atoms with E-state index in [0.29, 0.717) is 0 Å². The van der Waals surface area contributed by atoms with Crippen LogP contribution in [0.5, 0.6) is 0 Å². The van der Waals surface area contributed by atoms with Gasteiger partial charge in [-0.1, -0.05) is 56.7 Å². The van der Waals surface area contributed by atoms with E-state index in [1.54, 1.807) is 6.92 Å². The number of carbonyl (C=O) groups is 1. The molecule has 5 heteroatoms. The number of imidazole rings is 1. The third-order valence-electron chi connectivity index (χ3n) is 3.94. The van der Waals surface area contributed by atoms with Gasteiger partial charge >= 0.3 is 0 Å². The average Bonchev–Trinajstić information content (AvgIpc) is 2.89. The zero-order chi connectivity index (χ0) is 16.0. The van der Waals surface area contributed by atoms with E-state index in [9.17, 15) is 4.79 Å². The summed E-state index contributed by atoms with van der Waals surface area (Å²) in [6.07, 6.45) is 19.8. The molecule has 134 valence electrons. The zero-order valence-corrected chi connectivity index (χ0v) is 17.2. The van der Waals surface area contributed by atoms with E-state index in [4.69, 9.17) is 0 Å². The highest BCUT2D eigenvalue weighted by molar-refractivity contribution is 8.13. The van der Waals surface area contributed by atoms with Gasteiger partial charge < -0.3 is 17.0 Å². The van der Waals surface area contributed by atoms with Crippen molar-refractivity contribution in [1.82, 2.24) is 4.57 Å². The van der Waals surface area contributed by atoms with E-state index in [1.165, 1.54) is 76.0 Å². The minimum Gasteiger partial charge on any atom is -1.00 e. The molecular weight excluding hydrogens is 372 g/mol. The topological polar surface area (TPSA) is 25.9 Å². The molecule has 0 saturated carbocycles. The fraction of sp³-hybridized carbons (Fsp3) is 0.778. The lowest BCUT2D eigenvalue weighted by molar-refractivity contribution is -0.671. The van der Waals surface area contributed by atoms with Crippen molar-refractivity contribution in [3.8, 4) is 0 Å². The Bertz CT molecular complexity index is 409. The molecule has 0 aromatic carbocycles. The van der Waals surface area contributed by atoms with Crippen molar-refractivity contribution >= 4 is 16.9 Å². The smallest absolute Gasteiger partial charge is 0.243 e. The van der Waals surface area contributed by atoms with Crippen molar-refractivity contribution in [2.45, 2.75) is 77.7 Å². The van der Waals surface area contributed by atoms with Gasteiger partial charge in [0.1, 0.15) is 12.4 Å². The highest BCUT2D eigenvalue weighted by Gasteiger charge is 1.99. The third kappa shape index (κ3) is 13.8. The fourth-order valence-corrected chi connectivity index (χ4v) is 3.30. The van der Waals surface area contributed by atoms with Crippen LogP contribution in [0.15, 0.2) is 18.7 Å². The molecule has 0 amide bonds. The number of aryl methyl sites for hydroxylation is 2. The summed E-state index contributed by atoms with van der Waals surface area (Å²) >= 11 is 1.47. The van der Waals surface area contributed by atoms with Crippen molar-refractivity contribution in [3.63, 3.8) is 0 Å². The molecule has 3 nitrogen and oxygen atoms in total. The van der Waals surface area contributed by atoms with Crippen LogP contribution in [0.3, 0.4) is 0 Å². The van der Waals surface area contributed by atoms with Crippen LogP contribution >= 0.6 is 11.8 Å². The molecule has 0 aliphatic heterocycles.